The van der Waals surface area contributed by atoms with E-state index in [4.69, 9.17) is 15.9 Å². The van der Waals surface area contributed by atoms with Crippen molar-refractivity contribution in [1.29, 1.82) is 0 Å². The smallest absolute Gasteiger partial charge is 0.322 e. The molecule has 114 valence electrons. The fourth-order valence-corrected chi connectivity index (χ4v) is 1.22. The lowest BCUT2D eigenvalue weighted by Crippen LogP contribution is -2.56. The van der Waals surface area contributed by atoms with Crippen molar-refractivity contribution in [2.75, 3.05) is 6.54 Å². The molecule has 0 heterocycles. The van der Waals surface area contributed by atoms with Gasteiger partial charge in [0, 0.05) is 0 Å². The molecule has 0 saturated carbocycles. The van der Waals surface area contributed by atoms with Crippen molar-refractivity contribution in [3.8, 4) is 0 Å². The van der Waals surface area contributed by atoms with E-state index in [1.54, 1.807) is 0 Å². The van der Waals surface area contributed by atoms with E-state index in [1.807, 2.05) is 5.32 Å². The van der Waals surface area contributed by atoms with Gasteiger partial charge in [0.05, 0.1) is 18.6 Å². The number of carboxylic acid groups (broad SMARTS) is 2. The molecule has 0 aliphatic heterocycles. The van der Waals surface area contributed by atoms with Gasteiger partial charge in [-0.1, -0.05) is 0 Å². The molecule has 3 unspecified atom stereocenters. The van der Waals surface area contributed by atoms with Gasteiger partial charge in [-0.2, -0.15) is 0 Å². The Bertz CT molecular complexity index is 396. The first-order valence-electron chi connectivity index (χ1n) is 5.60. The first-order chi connectivity index (χ1) is 9.15. The number of rotatable bonds is 8. The number of amides is 2. The summed E-state index contributed by atoms with van der Waals surface area (Å²) in [5.41, 5.74) is 5.29. The summed E-state index contributed by atoms with van der Waals surface area (Å²) in [6.07, 6.45) is -1.96. The Morgan fingerprint density at radius 2 is 1.65 bits per heavy atom. The first kappa shape index (κ1) is 17.8. The number of hydrogen-bond donors (Lipinski definition) is 6. The van der Waals surface area contributed by atoms with E-state index >= 15 is 0 Å². The highest BCUT2D eigenvalue weighted by molar-refractivity contribution is 5.92. The van der Waals surface area contributed by atoms with Gasteiger partial charge >= 0.3 is 11.9 Å². The van der Waals surface area contributed by atoms with E-state index < -0.39 is 54.9 Å². The van der Waals surface area contributed by atoms with Crippen LogP contribution in [0.3, 0.4) is 0 Å². The van der Waals surface area contributed by atoms with E-state index in [-0.39, 0.29) is 0 Å². The number of nitrogens with two attached hydrogens (primary N) is 1. The number of aliphatic hydroxyl groups excluding tert-OH is 1. The van der Waals surface area contributed by atoms with Gasteiger partial charge in [-0.3, -0.25) is 19.2 Å². The van der Waals surface area contributed by atoms with Gasteiger partial charge in [0.15, 0.2) is 0 Å². The maximum absolute atomic E-state index is 11.6. The first-order valence-corrected chi connectivity index (χ1v) is 5.60. The molecule has 0 aromatic heterocycles. The Morgan fingerprint density at radius 1 is 1.10 bits per heavy atom. The van der Waals surface area contributed by atoms with E-state index in [2.05, 4.69) is 5.32 Å². The normalized spacial score (nSPS) is 14.8. The Labute approximate surface area is 113 Å². The summed E-state index contributed by atoms with van der Waals surface area (Å²) in [7, 11) is 0. The van der Waals surface area contributed by atoms with Crippen LogP contribution in [-0.2, 0) is 19.2 Å². The highest BCUT2D eigenvalue weighted by Crippen LogP contribution is 1.96. The minimum Gasteiger partial charge on any atom is -0.481 e. The minimum atomic E-state index is -1.43. The highest BCUT2D eigenvalue weighted by atomic mass is 16.4. The summed E-state index contributed by atoms with van der Waals surface area (Å²) < 4.78 is 0. The summed E-state index contributed by atoms with van der Waals surface area (Å²) in [4.78, 5) is 43.8. The number of nitrogens with one attached hydrogen (secondary N) is 2. The zero-order valence-corrected chi connectivity index (χ0v) is 10.7. The molecule has 0 radical (unpaired) electrons. The minimum absolute atomic E-state index is 0.644. The zero-order chi connectivity index (χ0) is 15.9. The Hall–Kier alpha value is -2.20. The third-order valence-electron chi connectivity index (χ3n) is 2.21. The van der Waals surface area contributed by atoms with Crippen LogP contribution in [0.1, 0.15) is 13.3 Å². The molecule has 0 fully saturated rings. The highest BCUT2D eigenvalue weighted by Gasteiger charge is 2.28. The molecule has 0 spiro atoms. The molecule has 0 aromatic rings. The number of aliphatic carboxylic acids is 2. The van der Waals surface area contributed by atoms with Crippen LogP contribution in [-0.4, -0.2) is 63.8 Å². The number of aliphatic hydroxyl groups is 1. The fraction of sp³-hybridized carbons (Fsp3) is 0.600. The van der Waals surface area contributed by atoms with Crippen molar-refractivity contribution in [3.63, 3.8) is 0 Å². The van der Waals surface area contributed by atoms with Gasteiger partial charge in [0.1, 0.15) is 12.6 Å². The summed E-state index contributed by atoms with van der Waals surface area (Å²) in [5, 5.41) is 30.3. The number of carbonyl (C=O) groups excluding carboxylic acids is 2. The second-order valence-electron chi connectivity index (χ2n) is 4.04. The molecule has 3 atom stereocenters. The molecule has 7 N–H and O–H groups in total. The molecule has 0 aromatic carbocycles. The largest absolute Gasteiger partial charge is 0.481 e. The van der Waals surface area contributed by atoms with Gasteiger partial charge in [-0.05, 0) is 6.92 Å². The lowest BCUT2D eigenvalue weighted by Gasteiger charge is -2.21. The van der Waals surface area contributed by atoms with E-state index in [1.165, 1.54) is 6.92 Å². The molecule has 10 heteroatoms. The van der Waals surface area contributed by atoms with Crippen molar-refractivity contribution >= 4 is 23.8 Å². The van der Waals surface area contributed by atoms with Crippen LogP contribution in [0.5, 0.6) is 0 Å². The second-order valence-corrected chi connectivity index (χ2v) is 4.04. The Kier molecular flexibility index (Phi) is 7.18. The molecule has 10 nitrogen and oxygen atoms in total. The van der Waals surface area contributed by atoms with E-state index in [9.17, 15) is 24.3 Å². The van der Waals surface area contributed by atoms with Crippen molar-refractivity contribution in [2.24, 2.45) is 5.73 Å². The van der Waals surface area contributed by atoms with Crippen LogP contribution >= 0.6 is 0 Å². The van der Waals surface area contributed by atoms with Crippen LogP contribution in [0.25, 0.3) is 0 Å². The molecule has 0 bridgehead atoms. The maximum atomic E-state index is 11.6. The van der Waals surface area contributed by atoms with Crippen molar-refractivity contribution in [1.82, 2.24) is 10.6 Å². The summed E-state index contributed by atoms with van der Waals surface area (Å²) in [6.45, 7) is 0.521. The van der Waals surface area contributed by atoms with Crippen LogP contribution in [0, 0.1) is 0 Å². The Balaban J connectivity index is 4.61. The molecule has 0 saturated heterocycles. The van der Waals surface area contributed by atoms with Crippen molar-refractivity contribution < 1.29 is 34.5 Å². The van der Waals surface area contributed by atoms with Crippen LogP contribution in [0.2, 0.25) is 0 Å². The second kappa shape index (κ2) is 8.07. The predicted octanol–water partition coefficient (Wildman–Crippen LogP) is -3.15. The predicted molar refractivity (Wildman–Crippen MR) is 64.5 cm³/mol. The average molecular weight is 291 g/mol. The third-order valence-corrected chi connectivity index (χ3v) is 2.21. The van der Waals surface area contributed by atoms with Gasteiger partial charge < -0.3 is 31.7 Å². The third kappa shape index (κ3) is 6.66. The fourth-order valence-electron chi connectivity index (χ4n) is 1.22. The zero-order valence-electron chi connectivity index (χ0n) is 10.7. The number of carboxylic acids is 2. The quantitative estimate of drug-likeness (QED) is 0.271. The van der Waals surface area contributed by atoms with Gasteiger partial charge in [0.2, 0.25) is 11.8 Å². The lowest BCUT2D eigenvalue weighted by atomic mass is 10.1. The van der Waals surface area contributed by atoms with Gasteiger partial charge in [-0.15, -0.1) is 0 Å². The van der Waals surface area contributed by atoms with E-state index in [0.29, 0.717) is 0 Å². The van der Waals surface area contributed by atoms with Crippen LogP contribution in [0.4, 0.5) is 0 Å². The molecular formula is C10H17N3O7. The van der Waals surface area contributed by atoms with Crippen molar-refractivity contribution in [3.05, 3.63) is 0 Å². The monoisotopic (exact) mass is 291 g/mol. The van der Waals surface area contributed by atoms with Crippen LogP contribution in [0.15, 0.2) is 0 Å². The number of carbonyl (C=O) groups is 4. The summed E-state index contributed by atoms with van der Waals surface area (Å²) in [5.74, 6) is -4.45. The van der Waals surface area contributed by atoms with Gasteiger partial charge in [-0.25, -0.2) is 0 Å². The molecule has 20 heavy (non-hydrogen) atoms. The number of hydrogen-bond acceptors (Lipinski definition) is 6. The molecular weight excluding hydrogens is 274 g/mol. The molecule has 2 amide bonds. The molecule has 0 aliphatic rings. The maximum Gasteiger partial charge on any atom is 0.322 e. The summed E-state index contributed by atoms with van der Waals surface area (Å²) in [6, 6.07) is -2.82. The summed E-state index contributed by atoms with van der Waals surface area (Å²) >= 11 is 0. The average Bonchev–Trinajstić information content (AvgIpc) is 2.31. The molecule has 0 rings (SSSR count). The molecule has 0 aliphatic carbocycles. The standard InChI is InChI=1S/C10H17N3O7/c1-4(14)8(10(20)12-3-7(17)18)13-9(19)5(11)2-6(15)16/h4-5,8,14H,2-3,11H2,1H3,(H,12,20)(H,13,19)(H,15,16)(H,17,18). The lowest BCUT2D eigenvalue weighted by molar-refractivity contribution is -0.141. The van der Waals surface area contributed by atoms with Crippen LogP contribution < -0.4 is 16.4 Å². The Morgan fingerprint density at radius 3 is 2.05 bits per heavy atom. The van der Waals surface area contributed by atoms with E-state index in [0.717, 1.165) is 0 Å². The topological polar surface area (TPSA) is 179 Å². The van der Waals surface area contributed by atoms with Gasteiger partial charge in [0.25, 0.3) is 0 Å². The van der Waals surface area contributed by atoms with Crippen molar-refractivity contribution in [2.45, 2.75) is 31.5 Å². The SMILES string of the molecule is CC(O)C(NC(=O)C(N)CC(=O)O)C(=O)NCC(=O)O.